The predicted octanol–water partition coefficient (Wildman–Crippen LogP) is 3.73. The van der Waals surface area contributed by atoms with Crippen molar-refractivity contribution in [2.24, 2.45) is 11.7 Å². The zero-order chi connectivity index (χ0) is 24.6. The van der Waals surface area contributed by atoms with Crippen molar-refractivity contribution in [2.75, 3.05) is 6.54 Å². The molecule has 1 saturated carbocycles. The molecule has 2 aliphatic rings. The summed E-state index contributed by atoms with van der Waals surface area (Å²) in [6.45, 7) is 6.58. The second-order valence-corrected chi connectivity index (χ2v) is 9.82. The first-order valence-electron chi connectivity index (χ1n) is 11.3. The van der Waals surface area contributed by atoms with Crippen LogP contribution < -0.4 is 5.73 Å². The van der Waals surface area contributed by atoms with Crippen LogP contribution in [0, 0.1) is 25.6 Å². The van der Waals surface area contributed by atoms with Gasteiger partial charge in [-0.3, -0.25) is 9.48 Å². The number of amides is 1. The van der Waals surface area contributed by atoms with Crippen LogP contribution in [0.15, 0.2) is 30.3 Å². The third kappa shape index (κ3) is 4.74. The molecule has 8 nitrogen and oxygen atoms in total. The summed E-state index contributed by atoms with van der Waals surface area (Å²) in [6, 6.07) is 8.31. The number of rotatable bonds is 5. The summed E-state index contributed by atoms with van der Waals surface area (Å²) >= 11 is 1.43. The summed E-state index contributed by atoms with van der Waals surface area (Å²) in [4.78, 5) is 30.7. The van der Waals surface area contributed by atoms with E-state index in [0.29, 0.717) is 36.3 Å². The number of aromatic nitrogens is 3. The second kappa shape index (κ2) is 9.63. The van der Waals surface area contributed by atoms with Crippen molar-refractivity contribution in [3.05, 3.63) is 58.2 Å². The molecule has 0 radical (unpaired) electrons. The summed E-state index contributed by atoms with van der Waals surface area (Å²) in [5, 5.41) is 13.4. The second-order valence-electron chi connectivity index (χ2n) is 8.61. The number of halogens is 1. The standard InChI is InChI=1S/C17H18FN3OS.C7H10N2O2/c1-9-20-15(16(23-9)10-3-2-4-12(18)5-10)17(22)21-13(8-19)6-11-7-14(11)21;1-3-9-6(7(10)11)4-5(2)8-9/h2-5,11,13-14H,6-8,19H2,1H3;4H,3H2,1-2H3,(H,10,11)/t11-,13+,14+;/m1./s1. The van der Waals surface area contributed by atoms with Crippen LogP contribution in [0.3, 0.4) is 0 Å². The van der Waals surface area contributed by atoms with Crippen LogP contribution in [0.25, 0.3) is 10.4 Å². The van der Waals surface area contributed by atoms with Gasteiger partial charge < -0.3 is 15.7 Å². The van der Waals surface area contributed by atoms with Gasteiger partial charge in [-0.1, -0.05) is 12.1 Å². The van der Waals surface area contributed by atoms with E-state index in [1.54, 1.807) is 19.1 Å². The Bertz CT molecular complexity index is 1220. The third-order valence-electron chi connectivity index (χ3n) is 6.16. The molecule has 10 heteroatoms. The molecule has 1 aliphatic heterocycles. The number of carboxylic acids is 1. The molecule has 0 bridgehead atoms. The van der Waals surface area contributed by atoms with Crippen LogP contribution in [0.2, 0.25) is 0 Å². The summed E-state index contributed by atoms with van der Waals surface area (Å²) in [7, 11) is 0. The minimum atomic E-state index is -0.924. The highest BCUT2D eigenvalue weighted by molar-refractivity contribution is 7.15. The molecule has 2 aromatic heterocycles. The number of nitrogens with two attached hydrogens (primary N) is 1. The number of thiazole rings is 1. The fourth-order valence-electron chi connectivity index (χ4n) is 4.56. The van der Waals surface area contributed by atoms with E-state index in [-0.39, 0.29) is 23.5 Å². The maximum atomic E-state index is 13.6. The first kappa shape index (κ1) is 24.0. The molecule has 0 unspecified atom stereocenters. The zero-order valence-electron chi connectivity index (χ0n) is 19.4. The SMILES string of the molecule is CCn1nc(C)cc1C(=O)O.Cc1nc(C(=O)N2[C@H](CN)C[C@@H]3C[C@@H]32)c(-c2cccc(F)c2)s1. The predicted molar refractivity (Wildman–Crippen MR) is 127 cm³/mol. The number of carbonyl (C=O) groups excluding carboxylic acids is 1. The normalized spacial score (nSPS) is 20.5. The number of carbonyl (C=O) groups is 2. The maximum absolute atomic E-state index is 13.6. The topological polar surface area (TPSA) is 114 Å². The number of aryl methyl sites for hydroxylation is 3. The minimum absolute atomic E-state index is 0.0611. The molecule has 3 N–H and O–H groups in total. The third-order valence-corrected chi connectivity index (χ3v) is 7.18. The van der Waals surface area contributed by atoms with Gasteiger partial charge in [0.1, 0.15) is 17.2 Å². The Morgan fingerprint density at radius 1 is 1.26 bits per heavy atom. The monoisotopic (exact) mass is 485 g/mol. The van der Waals surface area contributed by atoms with Crippen molar-refractivity contribution in [3.8, 4) is 10.4 Å². The molecular formula is C24H28FN5O3S. The smallest absolute Gasteiger partial charge is 0.354 e. The van der Waals surface area contributed by atoms with E-state index < -0.39 is 5.97 Å². The summed E-state index contributed by atoms with van der Waals surface area (Å²) < 4.78 is 15.0. The molecule has 2 fully saturated rings. The Hall–Kier alpha value is -3.11. The summed E-state index contributed by atoms with van der Waals surface area (Å²) in [5.41, 5.74) is 7.97. The van der Waals surface area contributed by atoms with Crippen molar-refractivity contribution in [3.63, 3.8) is 0 Å². The number of piperidine rings is 1. The fraction of sp³-hybridized carbons (Fsp3) is 0.417. The lowest BCUT2D eigenvalue weighted by atomic mass is 10.1. The van der Waals surface area contributed by atoms with Crippen LogP contribution in [-0.4, -0.2) is 55.3 Å². The summed E-state index contributed by atoms with van der Waals surface area (Å²) in [6.07, 6.45) is 2.06. The minimum Gasteiger partial charge on any atom is -0.477 e. The van der Waals surface area contributed by atoms with E-state index in [9.17, 15) is 14.0 Å². The highest BCUT2D eigenvalue weighted by Crippen LogP contribution is 2.48. The van der Waals surface area contributed by atoms with Gasteiger partial charge in [0.25, 0.3) is 5.91 Å². The van der Waals surface area contributed by atoms with E-state index >= 15 is 0 Å². The Kier molecular flexibility index (Phi) is 6.81. The van der Waals surface area contributed by atoms with E-state index in [4.69, 9.17) is 10.8 Å². The Balaban J connectivity index is 0.000000210. The van der Waals surface area contributed by atoms with Gasteiger partial charge in [0.2, 0.25) is 0 Å². The maximum Gasteiger partial charge on any atom is 0.354 e. The van der Waals surface area contributed by atoms with Gasteiger partial charge in [0, 0.05) is 25.2 Å². The molecule has 1 amide bonds. The molecule has 3 atom stereocenters. The van der Waals surface area contributed by atoms with Crippen LogP contribution in [-0.2, 0) is 6.54 Å². The number of aromatic carboxylic acids is 1. The number of likely N-dealkylation sites (tertiary alicyclic amines) is 1. The number of fused-ring (bicyclic) bond motifs is 1. The van der Waals surface area contributed by atoms with Gasteiger partial charge in [-0.15, -0.1) is 11.3 Å². The average molecular weight is 486 g/mol. The zero-order valence-corrected chi connectivity index (χ0v) is 20.2. The Morgan fingerprint density at radius 2 is 2.03 bits per heavy atom. The number of carboxylic acid groups (broad SMARTS) is 1. The first-order valence-corrected chi connectivity index (χ1v) is 12.1. The van der Waals surface area contributed by atoms with Gasteiger partial charge in [-0.2, -0.15) is 5.10 Å². The van der Waals surface area contributed by atoms with Crippen molar-refractivity contribution in [1.29, 1.82) is 0 Å². The lowest BCUT2D eigenvalue weighted by Gasteiger charge is -2.26. The fourth-order valence-corrected chi connectivity index (χ4v) is 5.47. The number of hydrogen-bond donors (Lipinski definition) is 2. The van der Waals surface area contributed by atoms with Crippen LogP contribution in [0.5, 0.6) is 0 Å². The lowest BCUT2D eigenvalue weighted by Crippen LogP contribution is -2.42. The Labute approximate surface area is 201 Å². The Morgan fingerprint density at radius 3 is 2.65 bits per heavy atom. The highest BCUT2D eigenvalue weighted by atomic mass is 32.1. The van der Waals surface area contributed by atoms with Crippen molar-refractivity contribution >= 4 is 23.2 Å². The van der Waals surface area contributed by atoms with Gasteiger partial charge in [-0.05, 0) is 63.3 Å². The number of nitrogens with zero attached hydrogens (tertiary/aromatic N) is 4. The molecule has 1 saturated heterocycles. The van der Waals surface area contributed by atoms with Gasteiger partial charge in [-0.25, -0.2) is 14.2 Å². The number of benzene rings is 1. The molecular weight excluding hydrogens is 457 g/mol. The lowest BCUT2D eigenvalue weighted by molar-refractivity contribution is 0.0679. The van der Waals surface area contributed by atoms with Gasteiger partial charge in [0.15, 0.2) is 0 Å². The summed E-state index contributed by atoms with van der Waals surface area (Å²) in [5.74, 6) is -0.693. The molecule has 34 heavy (non-hydrogen) atoms. The number of hydrogen-bond acceptors (Lipinski definition) is 6. The quantitative estimate of drug-likeness (QED) is 0.569. The highest BCUT2D eigenvalue weighted by Gasteiger charge is 2.54. The van der Waals surface area contributed by atoms with E-state index in [0.717, 1.165) is 28.4 Å². The molecule has 0 spiro atoms. The molecule has 1 aliphatic carbocycles. The van der Waals surface area contributed by atoms with Crippen LogP contribution in [0.1, 0.15) is 51.4 Å². The largest absolute Gasteiger partial charge is 0.477 e. The first-order chi connectivity index (χ1) is 16.2. The average Bonchev–Trinajstić information content (AvgIpc) is 3.12. The van der Waals surface area contributed by atoms with Crippen LogP contribution >= 0.6 is 11.3 Å². The molecule has 3 heterocycles. The van der Waals surface area contributed by atoms with Gasteiger partial charge >= 0.3 is 5.97 Å². The van der Waals surface area contributed by atoms with Crippen molar-refractivity contribution < 1.29 is 19.1 Å². The van der Waals surface area contributed by atoms with Crippen molar-refractivity contribution in [1.82, 2.24) is 19.7 Å². The van der Waals surface area contributed by atoms with E-state index in [2.05, 4.69) is 10.1 Å². The van der Waals surface area contributed by atoms with Crippen molar-refractivity contribution in [2.45, 2.75) is 52.2 Å². The van der Waals surface area contributed by atoms with E-state index in [1.807, 2.05) is 24.8 Å². The molecule has 180 valence electrons. The molecule has 3 aromatic rings. The van der Waals surface area contributed by atoms with Gasteiger partial charge in [0.05, 0.1) is 15.6 Å². The molecule has 1 aromatic carbocycles. The van der Waals surface area contributed by atoms with Crippen LogP contribution in [0.4, 0.5) is 4.39 Å². The van der Waals surface area contributed by atoms with E-state index in [1.165, 1.54) is 28.2 Å². The molecule has 5 rings (SSSR count).